The molecule has 1 aliphatic heterocycles. The molecule has 1 heterocycles. The minimum atomic E-state index is -0.0560. The summed E-state index contributed by atoms with van der Waals surface area (Å²) < 4.78 is 13.5. The Labute approximate surface area is 96.3 Å². The second-order valence-corrected chi connectivity index (χ2v) is 5.24. The Morgan fingerprint density at radius 3 is 2.50 bits per heavy atom. The van der Waals surface area contributed by atoms with Gasteiger partial charge in [0.05, 0.1) is 0 Å². The second-order valence-electron chi connectivity index (χ2n) is 5.24. The fourth-order valence-electron chi connectivity index (χ4n) is 3.33. The SMILES string of the molecule is Fc1ccccc1CN1CC2CCCC2C1. The Bertz CT molecular complexity index is 365. The van der Waals surface area contributed by atoms with Gasteiger partial charge in [0.15, 0.2) is 0 Å². The van der Waals surface area contributed by atoms with E-state index in [-0.39, 0.29) is 5.82 Å². The lowest BCUT2D eigenvalue weighted by Crippen LogP contribution is -2.21. The van der Waals surface area contributed by atoms with Crippen LogP contribution in [0.15, 0.2) is 24.3 Å². The third-order valence-corrected chi connectivity index (χ3v) is 4.15. The molecule has 1 nitrogen and oxygen atoms in total. The first-order valence-corrected chi connectivity index (χ1v) is 6.28. The zero-order chi connectivity index (χ0) is 11.0. The van der Waals surface area contributed by atoms with Gasteiger partial charge in [0.25, 0.3) is 0 Å². The molecule has 1 saturated heterocycles. The number of halogens is 1. The summed E-state index contributed by atoms with van der Waals surface area (Å²) in [6, 6.07) is 7.16. The van der Waals surface area contributed by atoms with Crippen LogP contribution in [0.25, 0.3) is 0 Å². The molecule has 2 aliphatic rings. The molecule has 0 aromatic heterocycles. The molecule has 2 atom stereocenters. The van der Waals surface area contributed by atoms with E-state index in [2.05, 4.69) is 4.90 Å². The molecule has 2 unspecified atom stereocenters. The van der Waals surface area contributed by atoms with Gasteiger partial charge in [0.2, 0.25) is 0 Å². The molecule has 2 fully saturated rings. The van der Waals surface area contributed by atoms with Gasteiger partial charge in [-0.25, -0.2) is 4.39 Å². The van der Waals surface area contributed by atoms with Crippen LogP contribution >= 0.6 is 0 Å². The summed E-state index contributed by atoms with van der Waals surface area (Å²) >= 11 is 0. The van der Waals surface area contributed by atoms with E-state index in [0.29, 0.717) is 0 Å². The van der Waals surface area contributed by atoms with E-state index in [0.717, 1.165) is 23.9 Å². The highest BCUT2D eigenvalue weighted by atomic mass is 19.1. The third kappa shape index (κ3) is 1.86. The Balaban J connectivity index is 1.66. The maximum atomic E-state index is 13.5. The topological polar surface area (TPSA) is 3.24 Å². The smallest absolute Gasteiger partial charge is 0.127 e. The molecule has 86 valence electrons. The van der Waals surface area contributed by atoms with Gasteiger partial charge in [-0.1, -0.05) is 24.6 Å². The van der Waals surface area contributed by atoms with Crippen LogP contribution in [0.2, 0.25) is 0 Å². The molecule has 1 aromatic rings. The Kier molecular flexibility index (Phi) is 2.68. The Hall–Kier alpha value is -0.890. The van der Waals surface area contributed by atoms with Crippen LogP contribution in [0.1, 0.15) is 24.8 Å². The summed E-state index contributed by atoms with van der Waals surface area (Å²) in [6.07, 6.45) is 4.18. The van der Waals surface area contributed by atoms with Gasteiger partial charge in [-0.3, -0.25) is 4.90 Å². The second kappa shape index (κ2) is 4.17. The number of likely N-dealkylation sites (tertiary alicyclic amines) is 1. The molecular weight excluding hydrogens is 201 g/mol. The molecule has 0 radical (unpaired) electrons. The summed E-state index contributed by atoms with van der Waals surface area (Å²) in [5, 5.41) is 0. The lowest BCUT2D eigenvalue weighted by atomic mass is 10.0. The maximum absolute atomic E-state index is 13.5. The fourth-order valence-corrected chi connectivity index (χ4v) is 3.33. The van der Waals surface area contributed by atoms with E-state index in [1.807, 2.05) is 12.1 Å². The minimum Gasteiger partial charge on any atom is -0.298 e. The lowest BCUT2D eigenvalue weighted by molar-refractivity contribution is 0.299. The van der Waals surface area contributed by atoms with Gasteiger partial charge in [0.1, 0.15) is 5.82 Å². The van der Waals surface area contributed by atoms with Crippen LogP contribution in [0.3, 0.4) is 0 Å². The summed E-state index contributed by atoms with van der Waals surface area (Å²) in [6.45, 7) is 3.15. The predicted molar refractivity (Wildman–Crippen MR) is 62.5 cm³/mol. The lowest BCUT2D eigenvalue weighted by Gasteiger charge is -2.16. The van der Waals surface area contributed by atoms with Crippen LogP contribution < -0.4 is 0 Å². The van der Waals surface area contributed by atoms with Gasteiger partial charge >= 0.3 is 0 Å². The zero-order valence-corrected chi connectivity index (χ0v) is 9.53. The molecule has 0 bridgehead atoms. The maximum Gasteiger partial charge on any atom is 0.127 e. The molecule has 1 aliphatic carbocycles. The molecule has 0 amide bonds. The summed E-state index contributed by atoms with van der Waals surface area (Å²) in [5.74, 6) is 1.73. The first kappa shape index (κ1) is 10.3. The zero-order valence-electron chi connectivity index (χ0n) is 9.53. The monoisotopic (exact) mass is 219 g/mol. The molecule has 16 heavy (non-hydrogen) atoms. The van der Waals surface area contributed by atoms with Crippen LogP contribution in [0.4, 0.5) is 4.39 Å². The summed E-state index contributed by atoms with van der Waals surface area (Å²) in [5.41, 5.74) is 0.850. The van der Waals surface area contributed by atoms with Crippen molar-refractivity contribution in [1.82, 2.24) is 4.90 Å². The van der Waals surface area contributed by atoms with Crippen molar-refractivity contribution in [2.24, 2.45) is 11.8 Å². The van der Waals surface area contributed by atoms with Crippen molar-refractivity contribution in [1.29, 1.82) is 0 Å². The van der Waals surface area contributed by atoms with Gasteiger partial charge < -0.3 is 0 Å². The van der Waals surface area contributed by atoms with E-state index < -0.39 is 0 Å². The Morgan fingerprint density at radius 2 is 1.81 bits per heavy atom. The molecule has 1 aromatic carbocycles. The highest BCUT2D eigenvalue weighted by Crippen LogP contribution is 2.38. The number of hydrogen-bond acceptors (Lipinski definition) is 1. The van der Waals surface area contributed by atoms with E-state index in [4.69, 9.17) is 0 Å². The van der Waals surface area contributed by atoms with Gasteiger partial charge in [0, 0.05) is 25.2 Å². The quantitative estimate of drug-likeness (QED) is 0.739. The molecule has 1 saturated carbocycles. The third-order valence-electron chi connectivity index (χ3n) is 4.15. The number of hydrogen-bond donors (Lipinski definition) is 0. The largest absolute Gasteiger partial charge is 0.298 e. The number of nitrogens with zero attached hydrogens (tertiary/aromatic N) is 1. The van der Waals surface area contributed by atoms with Crippen molar-refractivity contribution in [2.75, 3.05) is 13.1 Å². The van der Waals surface area contributed by atoms with Crippen molar-refractivity contribution in [3.63, 3.8) is 0 Å². The molecule has 0 N–H and O–H groups in total. The number of rotatable bonds is 2. The predicted octanol–water partition coefficient (Wildman–Crippen LogP) is 3.06. The minimum absolute atomic E-state index is 0.0560. The van der Waals surface area contributed by atoms with Crippen molar-refractivity contribution in [3.8, 4) is 0 Å². The molecule has 0 spiro atoms. The van der Waals surface area contributed by atoms with E-state index in [1.165, 1.54) is 32.4 Å². The van der Waals surface area contributed by atoms with E-state index in [9.17, 15) is 4.39 Å². The standard InChI is InChI=1S/C14H18FN/c15-14-7-2-1-4-13(14)10-16-8-11-5-3-6-12(11)9-16/h1-2,4,7,11-12H,3,5-6,8-10H2. The van der Waals surface area contributed by atoms with Gasteiger partial charge in [-0.15, -0.1) is 0 Å². The van der Waals surface area contributed by atoms with E-state index in [1.54, 1.807) is 12.1 Å². The highest BCUT2D eigenvalue weighted by Gasteiger charge is 2.35. The van der Waals surface area contributed by atoms with Crippen molar-refractivity contribution in [3.05, 3.63) is 35.6 Å². The van der Waals surface area contributed by atoms with Crippen molar-refractivity contribution in [2.45, 2.75) is 25.8 Å². The van der Waals surface area contributed by atoms with Crippen molar-refractivity contribution >= 4 is 0 Å². The molecule has 3 rings (SSSR count). The van der Waals surface area contributed by atoms with Crippen LogP contribution in [0.5, 0.6) is 0 Å². The average Bonchev–Trinajstić information content (AvgIpc) is 2.81. The van der Waals surface area contributed by atoms with Gasteiger partial charge in [-0.05, 0) is 30.7 Å². The van der Waals surface area contributed by atoms with Gasteiger partial charge in [-0.2, -0.15) is 0 Å². The fraction of sp³-hybridized carbons (Fsp3) is 0.571. The van der Waals surface area contributed by atoms with Crippen molar-refractivity contribution < 1.29 is 4.39 Å². The van der Waals surface area contributed by atoms with Crippen LogP contribution in [0, 0.1) is 17.7 Å². The average molecular weight is 219 g/mol. The molecular formula is C14H18FN. The van der Waals surface area contributed by atoms with Crippen LogP contribution in [-0.2, 0) is 6.54 Å². The first-order chi connectivity index (χ1) is 7.83. The molecule has 2 heteroatoms. The highest BCUT2D eigenvalue weighted by molar-refractivity contribution is 5.17. The number of benzene rings is 1. The Morgan fingerprint density at radius 1 is 1.12 bits per heavy atom. The number of fused-ring (bicyclic) bond motifs is 1. The first-order valence-electron chi connectivity index (χ1n) is 6.28. The normalized spacial score (nSPS) is 29.6. The summed E-state index contributed by atoms with van der Waals surface area (Å²) in [7, 11) is 0. The van der Waals surface area contributed by atoms with E-state index >= 15 is 0 Å². The summed E-state index contributed by atoms with van der Waals surface area (Å²) in [4.78, 5) is 2.42. The van der Waals surface area contributed by atoms with Crippen LogP contribution in [-0.4, -0.2) is 18.0 Å².